The van der Waals surface area contributed by atoms with E-state index in [1.54, 1.807) is 24.3 Å². The maximum Gasteiger partial charge on any atom is 0.164 e. The number of hydrogen-bond donors (Lipinski definition) is 1. The van der Waals surface area contributed by atoms with Gasteiger partial charge in [0.25, 0.3) is 0 Å². The minimum absolute atomic E-state index is 0.133. The van der Waals surface area contributed by atoms with Gasteiger partial charge in [-0.3, -0.25) is 9.69 Å². The van der Waals surface area contributed by atoms with Crippen LogP contribution in [-0.2, 0) is 0 Å². The lowest BCUT2D eigenvalue weighted by atomic mass is 10.1. The van der Waals surface area contributed by atoms with Crippen molar-refractivity contribution in [1.29, 1.82) is 0 Å². The number of hydrogen-bond acceptors (Lipinski definition) is 3. The van der Waals surface area contributed by atoms with Crippen LogP contribution in [0, 0.1) is 0 Å². The van der Waals surface area contributed by atoms with Crippen molar-refractivity contribution in [3.05, 3.63) is 55.1 Å². The van der Waals surface area contributed by atoms with Crippen molar-refractivity contribution in [2.45, 2.75) is 6.42 Å². The van der Waals surface area contributed by atoms with Crippen LogP contribution in [0.4, 0.5) is 5.69 Å². The second kappa shape index (κ2) is 7.45. The third-order valence-electron chi connectivity index (χ3n) is 2.66. The molecule has 96 valence electrons. The molecule has 1 aromatic rings. The number of Topliss-reactive ketones (excluding diaryl/α,β-unsaturated/α-hetero) is 1. The highest BCUT2D eigenvalue weighted by molar-refractivity contribution is 5.96. The van der Waals surface area contributed by atoms with E-state index in [0.29, 0.717) is 24.2 Å². The second-order valence-electron chi connectivity index (χ2n) is 4.13. The van der Waals surface area contributed by atoms with Crippen molar-refractivity contribution >= 4 is 11.5 Å². The van der Waals surface area contributed by atoms with Crippen LogP contribution in [0.15, 0.2) is 49.6 Å². The molecule has 0 amide bonds. The van der Waals surface area contributed by atoms with E-state index in [0.717, 1.165) is 13.1 Å². The molecular formula is C15H20N2O. The van der Waals surface area contributed by atoms with Crippen LogP contribution < -0.4 is 5.73 Å². The van der Waals surface area contributed by atoms with Gasteiger partial charge >= 0.3 is 0 Å². The fourth-order valence-corrected chi connectivity index (χ4v) is 1.70. The molecule has 3 heteroatoms. The Morgan fingerprint density at radius 1 is 1.17 bits per heavy atom. The van der Waals surface area contributed by atoms with E-state index in [1.807, 2.05) is 12.2 Å². The molecule has 0 aliphatic heterocycles. The zero-order chi connectivity index (χ0) is 13.4. The number of carbonyl (C=O) groups is 1. The number of benzene rings is 1. The fraction of sp³-hybridized carbons (Fsp3) is 0.267. The fourth-order valence-electron chi connectivity index (χ4n) is 1.70. The topological polar surface area (TPSA) is 46.3 Å². The summed E-state index contributed by atoms with van der Waals surface area (Å²) in [5.41, 5.74) is 6.97. The first-order valence-electron chi connectivity index (χ1n) is 6.00. The average molecular weight is 244 g/mol. The number of nitrogen functional groups attached to an aromatic ring is 1. The molecule has 0 fully saturated rings. The number of carbonyl (C=O) groups excluding carboxylic acids is 1. The first kappa shape index (κ1) is 14.2. The van der Waals surface area contributed by atoms with Crippen molar-refractivity contribution in [2.75, 3.05) is 25.4 Å². The molecule has 3 nitrogen and oxygen atoms in total. The first-order valence-corrected chi connectivity index (χ1v) is 6.00. The molecule has 18 heavy (non-hydrogen) atoms. The standard InChI is InChI=1S/C15H20N2O/c1-3-10-17(11-4-2)12-9-15(18)13-5-7-14(16)8-6-13/h3-8H,1-2,9-12,16H2. The molecule has 2 N–H and O–H groups in total. The van der Waals surface area contributed by atoms with E-state index in [2.05, 4.69) is 18.1 Å². The van der Waals surface area contributed by atoms with E-state index in [-0.39, 0.29) is 5.78 Å². The van der Waals surface area contributed by atoms with Gasteiger partial charge in [0, 0.05) is 37.3 Å². The summed E-state index contributed by atoms with van der Waals surface area (Å²) in [6.45, 7) is 9.65. The molecule has 0 spiro atoms. The molecule has 1 rings (SSSR count). The summed E-state index contributed by atoms with van der Waals surface area (Å²) in [4.78, 5) is 14.1. The third kappa shape index (κ3) is 4.55. The summed E-state index contributed by atoms with van der Waals surface area (Å²) in [6, 6.07) is 7.03. The normalized spacial score (nSPS) is 10.3. The van der Waals surface area contributed by atoms with E-state index in [4.69, 9.17) is 5.73 Å². The second-order valence-corrected chi connectivity index (χ2v) is 4.13. The van der Waals surface area contributed by atoms with Gasteiger partial charge in [0.2, 0.25) is 0 Å². The van der Waals surface area contributed by atoms with Crippen LogP contribution in [0.2, 0.25) is 0 Å². The molecule has 0 aliphatic carbocycles. The van der Waals surface area contributed by atoms with E-state index in [1.165, 1.54) is 0 Å². The van der Waals surface area contributed by atoms with Crippen LogP contribution in [0.1, 0.15) is 16.8 Å². The average Bonchev–Trinajstić information content (AvgIpc) is 2.37. The molecule has 0 bridgehead atoms. The Morgan fingerprint density at radius 2 is 1.72 bits per heavy atom. The largest absolute Gasteiger partial charge is 0.399 e. The van der Waals surface area contributed by atoms with Gasteiger partial charge in [-0.25, -0.2) is 0 Å². The highest BCUT2D eigenvalue weighted by Gasteiger charge is 2.08. The van der Waals surface area contributed by atoms with Gasteiger partial charge in [-0.05, 0) is 24.3 Å². The van der Waals surface area contributed by atoms with Crippen LogP contribution >= 0.6 is 0 Å². The number of nitrogens with zero attached hydrogens (tertiary/aromatic N) is 1. The van der Waals surface area contributed by atoms with Gasteiger partial charge < -0.3 is 5.73 Å². The molecule has 1 aromatic carbocycles. The maximum atomic E-state index is 11.9. The molecule has 0 aromatic heterocycles. The van der Waals surface area contributed by atoms with Gasteiger partial charge in [0.05, 0.1) is 0 Å². The van der Waals surface area contributed by atoms with E-state index >= 15 is 0 Å². The summed E-state index contributed by atoms with van der Waals surface area (Å²) >= 11 is 0. The summed E-state index contributed by atoms with van der Waals surface area (Å²) < 4.78 is 0. The number of anilines is 1. The van der Waals surface area contributed by atoms with Gasteiger partial charge in [-0.2, -0.15) is 0 Å². The summed E-state index contributed by atoms with van der Waals surface area (Å²) in [7, 11) is 0. The maximum absolute atomic E-state index is 11.9. The quantitative estimate of drug-likeness (QED) is 0.434. The zero-order valence-corrected chi connectivity index (χ0v) is 10.6. The zero-order valence-electron chi connectivity index (χ0n) is 10.6. The predicted molar refractivity (Wildman–Crippen MR) is 76.6 cm³/mol. The molecule has 0 aliphatic rings. The number of rotatable bonds is 8. The Kier molecular flexibility index (Phi) is 5.88. The van der Waals surface area contributed by atoms with Crippen LogP contribution in [0.5, 0.6) is 0 Å². The minimum atomic E-state index is 0.133. The number of nitrogens with two attached hydrogens (primary N) is 1. The van der Waals surface area contributed by atoms with Crippen LogP contribution in [0.25, 0.3) is 0 Å². The summed E-state index contributed by atoms with van der Waals surface area (Å²) in [5, 5.41) is 0. The lowest BCUT2D eigenvalue weighted by molar-refractivity contribution is 0.0968. The molecule has 0 saturated carbocycles. The SMILES string of the molecule is C=CCN(CC=C)CCC(=O)c1ccc(N)cc1. The van der Waals surface area contributed by atoms with Gasteiger partial charge in [-0.15, -0.1) is 13.2 Å². The molecule has 0 atom stereocenters. The van der Waals surface area contributed by atoms with Crippen molar-refractivity contribution in [3.8, 4) is 0 Å². The third-order valence-corrected chi connectivity index (χ3v) is 2.66. The molecule has 0 radical (unpaired) electrons. The van der Waals surface area contributed by atoms with E-state index in [9.17, 15) is 4.79 Å². The first-order chi connectivity index (χ1) is 8.67. The minimum Gasteiger partial charge on any atom is -0.399 e. The van der Waals surface area contributed by atoms with Crippen molar-refractivity contribution < 1.29 is 4.79 Å². The molecule has 0 saturated heterocycles. The Balaban J connectivity index is 2.51. The molecule has 0 heterocycles. The van der Waals surface area contributed by atoms with Gasteiger partial charge in [-0.1, -0.05) is 12.2 Å². The Morgan fingerprint density at radius 3 is 2.22 bits per heavy atom. The summed E-state index contributed by atoms with van der Waals surface area (Å²) in [6.07, 6.45) is 4.15. The van der Waals surface area contributed by atoms with Crippen LogP contribution in [-0.4, -0.2) is 30.3 Å². The molecular weight excluding hydrogens is 224 g/mol. The van der Waals surface area contributed by atoms with Crippen LogP contribution in [0.3, 0.4) is 0 Å². The lowest BCUT2D eigenvalue weighted by Gasteiger charge is -2.17. The highest BCUT2D eigenvalue weighted by Crippen LogP contribution is 2.08. The Bertz CT molecular complexity index is 399. The monoisotopic (exact) mass is 244 g/mol. The predicted octanol–water partition coefficient (Wildman–Crippen LogP) is 2.52. The summed E-state index contributed by atoms with van der Waals surface area (Å²) in [5.74, 6) is 0.133. The van der Waals surface area contributed by atoms with Crippen molar-refractivity contribution in [1.82, 2.24) is 4.90 Å². The molecule has 0 unspecified atom stereocenters. The van der Waals surface area contributed by atoms with Crippen molar-refractivity contribution in [2.24, 2.45) is 0 Å². The highest BCUT2D eigenvalue weighted by atomic mass is 16.1. The number of ketones is 1. The smallest absolute Gasteiger partial charge is 0.164 e. The van der Waals surface area contributed by atoms with Gasteiger partial charge in [0.15, 0.2) is 5.78 Å². The Hall–Kier alpha value is -1.87. The Labute approximate surface area is 109 Å². The van der Waals surface area contributed by atoms with E-state index < -0.39 is 0 Å². The van der Waals surface area contributed by atoms with Crippen molar-refractivity contribution in [3.63, 3.8) is 0 Å². The lowest BCUT2D eigenvalue weighted by Crippen LogP contribution is -2.26. The van der Waals surface area contributed by atoms with Gasteiger partial charge in [0.1, 0.15) is 0 Å².